The Labute approximate surface area is 134 Å². The Morgan fingerprint density at radius 2 is 2.18 bits per heavy atom. The Bertz CT molecular complexity index is 550. The third-order valence-electron chi connectivity index (χ3n) is 4.26. The predicted octanol–water partition coefficient (Wildman–Crippen LogP) is 0.956. The minimum atomic E-state index is -0.484. The average Bonchev–Trinajstić information content (AvgIpc) is 3.03. The van der Waals surface area contributed by atoms with E-state index < -0.39 is 4.92 Å². The van der Waals surface area contributed by atoms with Crippen LogP contribution in [0, 0.1) is 10.1 Å². The summed E-state index contributed by atoms with van der Waals surface area (Å²) in [5, 5.41) is 18.0. The predicted molar refractivity (Wildman–Crippen MR) is 81.9 cm³/mol. The maximum Gasteiger partial charge on any atom is 0.306 e. The third-order valence-corrected chi connectivity index (χ3v) is 4.26. The fourth-order valence-electron chi connectivity index (χ4n) is 3.11. The number of carbonyl (C=O) groups is 1. The molecule has 8 nitrogen and oxygen atoms in total. The zero-order valence-electron chi connectivity index (χ0n) is 12.2. The first-order chi connectivity index (χ1) is 10.1. The van der Waals surface area contributed by atoms with Gasteiger partial charge < -0.3 is 10.2 Å². The van der Waals surface area contributed by atoms with Gasteiger partial charge in [0.15, 0.2) is 0 Å². The largest absolute Gasteiger partial charge is 0.341 e. The maximum atomic E-state index is 12.3. The Kier molecular flexibility index (Phi) is 5.36. The van der Waals surface area contributed by atoms with Gasteiger partial charge in [-0.1, -0.05) is 0 Å². The van der Waals surface area contributed by atoms with Crippen molar-refractivity contribution >= 4 is 24.0 Å². The van der Waals surface area contributed by atoms with Gasteiger partial charge in [-0.2, -0.15) is 5.10 Å². The van der Waals surface area contributed by atoms with E-state index in [4.69, 9.17) is 0 Å². The van der Waals surface area contributed by atoms with E-state index >= 15 is 0 Å². The molecule has 3 heterocycles. The minimum Gasteiger partial charge on any atom is -0.341 e. The summed E-state index contributed by atoms with van der Waals surface area (Å²) < 4.78 is 1.46. The maximum absolute atomic E-state index is 12.3. The van der Waals surface area contributed by atoms with Crippen molar-refractivity contribution in [2.75, 3.05) is 13.1 Å². The van der Waals surface area contributed by atoms with Gasteiger partial charge in [0.05, 0.1) is 4.92 Å². The molecular weight excluding hydrogens is 310 g/mol. The Hall–Kier alpha value is -1.67. The Morgan fingerprint density at radius 1 is 1.41 bits per heavy atom. The lowest BCUT2D eigenvalue weighted by Crippen LogP contribution is -2.39. The summed E-state index contributed by atoms with van der Waals surface area (Å²) >= 11 is 0. The molecule has 1 N–H and O–H groups in total. The molecule has 122 valence electrons. The number of aryl methyl sites for hydroxylation is 1. The molecule has 1 amide bonds. The Balaban J connectivity index is 0.00000176. The first kappa shape index (κ1) is 16.7. The SMILES string of the molecule is Cl.O=C(CCn1cc([N+](=O)[O-])cn1)N1CCC2CCC(C1)N2. The van der Waals surface area contributed by atoms with Crippen molar-refractivity contribution in [3.63, 3.8) is 0 Å². The van der Waals surface area contributed by atoms with Crippen molar-refractivity contribution in [1.29, 1.82) is 0 Å². The summed E-state index contributed by atoms with van der Waals surface area (Å²) in [5.41, 5.74) is -0.0428. The molecule has 0 radical (unpaired) electrons. The number of fused-ring (bicyclic) bond motifs is 2. The van der Waals surface area contributed by atoms with Crippen LogP contribution >= 0.6 is 12.4 Å². The van der Waals surface area contributed by atoms with Crippen LogP contribution in [0.1, 0.15) is 25.7 Å². The third kappa shape index (κ3) is 3.75. The monoisotopic (exact) mass is 329 g/mol. The Morgan fingerprint density at radius 3 is 2.91 bits per heavy atom. The summed E-state index contributed by atoms with van der Waals surface area (Å²) in [6.07, 6.45) is 6.26. The summed E-state index contributed by atoms with van der Waals surface area (Å²) in [5.74, 6) is 0.0995. The standard InChI is InChI=1S/C13H19N5O3.ClH/c19-13(4-6-17-9-12(7-14-17)18(20)21)16-5-3-10-1-2-11(8-16)15-10;/h7,9-11,15H,1-6,8H2;1H. The van der Waals surface area contributed by atoms with E-state index in [1.165, 1.54) is 23.5 Å². The molecule has 0 saturated carbocycles. The summed E-state index contributed by atoms with van der Waals surface area (Å²) in [6, 6.07) is 0.980. The molecular formula is C13H20ClN5O3. The number of aromatic nitrogens is 2. The minimum absolute atomic E-state index is 0. The van der Waals surface area contributed by atoms with Crippen molar-refractivity contribution in [1.82, 2.24) is 20.0 Å². The van der Waals surface area contributed by atoms with E-state index in [1.807, 2.05) is 4.90 Å². The van der Waals surface area contributed by atoms with Gasteiger partial charge in [0, 0.05) is 38.1 Å². The molecule has 9 heteroatoms. The first-order valence-electron chi connectivity index (χ1n) is 7.32. The molecule has 3 rings (SSSR count). The van der Waals surface area contributed by atoms with Crippen LogP contribution in [-0.4, -0.2) is 50.7 Å². The number of nitrogens with zero attached hydrogens (tertiary/aromatic N) is 4. The second-order valence-electron chi connectivity index (χ2n) is 5.74. The molecule has 1 aromatic heterocycles. The van der Waals surface area contributed by atoms with Gasteiger partial charge in [0.25, 0.3) is 0 Å². The number of halogens is 1. The molecule has 22 heavy (non-hydrogen) atoms. The molecule has 2 unspecified atom stereocenters. The summed E-state index contributed by atoms with van der Waals surface area (Å²) in [7, 11) is 0. The van der Waals surface area contributed by atoms with Crippen LogP contribution in [0.15, 0.2) is 12.4 Å². The highest BCUT2D eigenvalue weighted by Crippen LogP contribution is 2.20. The number of likely N-dealkylation sites (tertiary alicyclic amines) is 1. The molecule has 2 bridgehead atoms. The molecule has 2 aliphatic heterocycles. The van der Waals surface area contributed by atoms with Crippen molar-refractivity contribution in [3.8, 4) is 0 Å². The van der Waals surface area contributed by atoms with Crippen LogP contribution in [0.4, 0.5) is 5.69 Å². The molecule has 2 fully saturated rings. The van der Waals surface area contributed by atoms with Gasteiger partial charge in [-0.15, -0.1) is 12.4 Å². The van der Waals surface area contributed by atoms with Crippen LogP contribution in [0.5, 0.6) is 0 Å². The molecule has 1 aromatic rings. The second kappa shape index (κ2) is 7.06. The van der Waals surface area contributed by atoms with Gasteiger partial charge in [-0.3, -0.25) is 19.6 Å². The lowest BCUT2D eigenvalue weighted by Gasteiger charge is -2.24. The van der Waals surface area contributed by atoms with E-state index in [2.05, 4.69) is 10.4 Å². The number of hydrogen-bond acceptors (Lipinski definition) is 5. The van der Waals surface area contributed by atoms with Crippen LogP contribution in [0.2, 0.25) is 0 Å². The summed E-state index contributed by atoms with van der Waals surface area (Å²) in [4.78, 5) is 24.3. The van der Waals surface area contributed by atoms with Crippen molar-refractivity contribution in [2.24, 2.45) is 0 Å². The number of nitrogens with one attached hydrogen (secondary N) is 1. The number of rotatable bonds is 4. The number of amides is 1. The highest BCUT2D eigenvalue weighted by Gasteiger charge is 2.30. The molecule has 0 spiro atoms. The van der Waals surface area contributed by atoms with E-state index in [0.29, 0.717) is 25.0 Å². The van der Waals surface area contributed by atoms with Crippen LogP contribution < -0.4 is 5.32 Å². The highest BCUT2D eigenvalue weighted by atomic mass is 35.5. The van der Waals surface area contributed by atoms with E-state index in [0.717, 1.165) is 25.9 Å². The van der Waals surface area contributed by atoms with Gasteiger partial charge in [0.1, 0.15) is 12.4 Å². The van der Waals surface area contributed by atoms with Crippen LogP contribution in [-0.2, 0) is 11.3 Å². The molecule has 0 aromatic carbocycles. The lowest BCUT2D eigenvalue weighted by molar-refractivity contribution is -0.385. The van der Waals surface area contributed by atoms with Crippen LogP contribution in [0.25, 0.3) is 0 Å². The molecule has 2 aliphatic rings. The van der Waals surface area contributed by atoms with Crippen molar-refractivity contribution < 1.29 is 9.72 Å². The lowest BCUT2D eigenvalue weighted by atomic mass is 10.1. The fourth-order valence-corrected chi connectivity index (χ4v) is 3.11. The first-order valence-corrected chi connectivity index (χ1v) is 7.32. The van der Waals surface area contributed by atoms with E-state index in [-0.39, 0.29) is 24.0 Å². The van der Waals surface area contributed by atoms with Gasteiger partial charge >= 0.3 is 5.69 Å². The van der Waals surface area contributed by atoms with E-state index in [9.17, 15) is 14.9 Å². The van der Waals surface area contributed by atoms with Crippen molar-refractivity contribution in [3.05, 3.63) is 22.5 Å². The number of nitro groups is 1. The zero-order chi connectivity index (χ0) is 14.8. The topological polar surface area (TPSA) is 93.3 Å². The summed E-state index contributed by atoms with van der Waals surface area (Å²) in [6.45, 7) is 1.95. The van der Waals surface area contributed by atoms with Gasteiger partial charge in [-0.25, -0.2) is 0 Å². The average molecular weight is 330 g/mol. The molecule has 2 saturated heterocycles. The quantitative estimate of drug-likeness (QED) is 0.656. The smallest absolute Gasteiger partial charge is 0.306 e. The van der Waals surface area contributed by atoms with E-state index in [1.54, 1.807) is 0 Å². The van der Waals surface area contributed by atoms with Crippen molar-refractivity contribution in [2.45, 2.75) is 44.3 Å². The van der Waals surface area contributed by atoms with Gasteiger partial charge in [0.2, 0.25) is 5.91 Å². The fraction of sp³-hybridized carbons (Fsp3) is 0.692. The molecule has 0 aliphatic carbocycles. The highest BCUT2D eigenvalue weighted by molar-refractivity contribution is 5.85. The number of hydrogen-bond donors (Lipinski definition) is 1. The van der Waals surface area contributed by atoms with Crippen LogP contribution in [0.3, 0.4) is 0 Å². The zero-order valence-corrected chi connectivity index (χ0v) is 13.0. The molecule has 2 atom stereocenters. The van der Waals surface area contributed by atoms with Gasteiger partial charge in [-0.05, 0) is 19.3 Å². The normalized spacial score (nSPS) is 23.7. The number of carbonyl (C=O) groups excluding carboxylic acids is 1. The second-order valence-corrected chi connectivity index (χ2v) is 5.74.